The molecule has 1 amide bonds. The van der Waals surface area contributed by atoms with Gasteiger partial charge in [-0.3, -0.25) is 19.3 Å². The molecule has 0 bridgehead atoms. The first kappa shape index (κ1) is 22.2. The van der Waals surface area contributed by atoms with Gasteiger partial charge in [0, 0.05) is 37.2 Å². The number of hydrogen-bond acceptors (Lipinski definition) is 6. The van der Waals surface area contributed by atoms with E-state index in [9.17, 15) is 4.79 Å². The van der Waals surface area contributed by atoms with E-state index in [1.807, 2.05) is 45.0 Å². The minimum atomic E-state index is -0.0681. The normalized spacial score (nSPS) is 15.1. The highest BCUT2D eigenvalue weighted by molar-refractivity contribution is 7.22. The summed E-state index contributed by atoms with van der Waals surface area (Å²) in [5, 5.41) is 5.89. The van der Waals surface area contributed by atoms with Gasteiger partial charge < -0.3 is 4.74 Å². The van der Waals surface area contributed by atoms with Gasteiger partial charge in [-0.2, -0.15) is 5.10 Å². The van der Waals surface area contributed by atoms with Crippen LogP contribution in [0.2, 0.25) is 5.02 Å². The fourth-order valence-corrected chi connectivity index (χ4v) is 5.04. The molecule has 0 saturated carbocycles. The molecule has 0 atom stereocenters. The van der Waals surface area contributed by atoms with Crippen molar-refractivity contribution in [1.29, 1.82) is 0 Å². The fraction of sp³-hybridized carbons (Fsp3) is 0.500. The number of ether oxygens (including phenoxy) is 1. The molecule has 1 fully saturated rings. The van der Waals surface area contributed by atoms with Crippen LogP contribution in [0.1, 0.15) is 42.5 Å². The summed E-state index contributed by atoms with van der Waals surface area (Å²) >= 11 is 7.66. The number of benzene rings is 1. The van der Waals surface area contributed by atoms with Gasteiger partial charge in [0.1, 0.15) is 5.69 Å². The molecule has 3 aromatic rings. The van der Waals surface area contributed by atoms with Gasteiger partial charge in [0.25, 0.3) is 5.91 Å². The van der Waals surface area contributed by atoms with E-state index in [1.54, 1.807) is 9.58 Å². The van der Waals surface area contributed by atoms with Crippen molar-refractivity contribution in [1.82, 2.24) is 19.7 Å². The van der Waals surface area contributed by atoms with E-state index in [1.165, 1.54) is 11.3 Å². The van der Waals surface area contributed by atoms with Gasteiger partial charge in [-0.25, -0.2) is 4.98 Å². The highest BCUT2D eigenvalue weighted by atomic mass is 35.5. The van der Waals surface area contributed by atoms with Crippen molar-refractivity contribution in [3.63, 3.8) is 0 Å². The van der Waals surface area contributed by atoms with E-state index in [2.05, 4.69) is 10.00 Å². The molecule has 1 saturated heterocycles. The molecule has 0 aliphatic carbocycles. The van der Waals surface area contributed by atoms with Crippen LogP contribution in [0.4, 0.5) is 5.13 Å². The Labute approximate surface area is 191 Å². The third-order valence-corrected chi connectivity index (χ3v) is 6.62. The zero-order chi connectivity index (χ0) is 22.0. The van der Waals surface area contributed by atoms with Crippen LogP contribution in [-0.4, -0.2) is 65.0 Å². The average Bonchev–Trinajstić information content (AvgIpc) is 3.34. The Morgan fingerprint density at radius 2 is 2.06 bits per heavy atom. The molecule has 31 heavy (non-hydrogen) atoms. The molecule has 166 valence electrons. The number of thiazole rings is 1. The minimum absolute atomic E-state index is 0.0681. The summed E-state index contributed by atoms with van der Waals surface area (Å²) in [6.07, 6.45) is 0.858. The van der Waals surface area contributed by atoms with Crippen molar-refractivity contribution < 1.29 is 9.53 Å². The molecule has 0 unspecified atom stereocenters. The van der Waals surface area contributed by atoms with Crippen LogP contribution in [0.3, 0.4) is 0 Å². The second kappa shape index (κ2) is 9.65. The third kappa shape index (κ3) is 5.09. The second-order valence-electron chi connectivity index (χ2n) is 8.08. The Morgan fingerprint density at radius 1 is 1.29 bits per heavy atom. The second-order valence-corrected chi connectivity index (χ2v) is 9.53. The number of carbonyl (C=O) groups excluding carboxylic acids is 1. The maximum atomic E-state index is 13.7. The van der Waals surface area contributed by atoms with Gasteiger partial charge in [-0.1, -0.05) is 22.9 Å². The molecule has 3 heterocycles. The number of anilines is 1. The van der Waals surface area contributed by atoms with E-state index in [-0.39, 0.29) is 11.9 Å². The van der Waals surface area contributed by atoms with Crippen molar-refractivity contribution >= 4 is 44.2 Å². The predicted molar refractivity (Wildman–Crippen MR) is 126 cm³/mol. The number of nitrogens with zero attached hydrogens (tertiary/aromatic N) is 5. The molecule has 0 N–H and O–H groups in total. The first-order valence-corrected chi connectivity index (χ1v) is 11.9. The van der Waals surface area contributed by atoms with Gasteiger partial charge in [0.15, 0.2) is 5.13 Å². The summed E-state index contributed by atoms with van der Waals surface area (Å²) in [5.41, 5.74) is 2.28. The molecule has 0 radical (unpaired) electrons. The maximum Gasteiger partial charge on any atom is 0.278 e. The summed E-state index contributed by atoms with van der Waals surface area (Å²) < 4.78 is 8.22. The molecule has 0 spiro atoms. The molecule has 2 aromatic heterocycles. The molecule has 4 rings (SSSR count). The van der Waals surface area contributed by atoms with E-state index in [4.69, 9.17) is 21.3 Å². The van der Waals surface area contributed by atoms with Crippen LogP contribution in [0.15, 0.2) is 24.3 Å². The Bertz CT molecular complexity index is 1060. The Balaban J connectivity index is 1.61. The van der Waals surface area contributed by atoms with Gasteiger partial charge >= 0.3 is 0 Å². The Hall–Kier alpha value is -2.00. The van der Waals surface area contributed by atoms with Gasteiger partial charge in [0.05, 0.1) is 29.1 Å². The number of halogens is 1. The maximum absolute atomic E-state index is 13.7. The number of morpholine rings is 1. The van der Waals surface area contributed by atoms with Crippen molar-refractivity contribution in [2.24, 2.45) is 0 Å². The minimum Gasteiger partial charge on any atom is -0.379 e. The number of hydrogen-bond donors (Lipinski definition) is 0. The van der Waals surface area contributed by atoms with Crippen LogP contribution < -0.4 is 4.90 Å². The summed E-state index contributed by atoms with van der Waals surface area (Å²) in [5.74, 6) is -0.0681. The van der Waals surface area contributed by atoms with Crippen LogP contribution in [-0.2, 0) is 4.74 Å². The first-order valence-electron chi connectivity index (χ1n) is 10.7. The number of rotatable bonds is 7. The number of aryl methyl sites for hydroxylation is 1. The topological polar surface area (TPSA) is 63.5 Å². The molecular weight excluding hydrogens is 434 g/mol. The highest BCUT2D eigenvalue weighted by Gasteiger charge is 2.26. The van der Waals surface area contributed by atoms with Crippen molar-refractivity contribution in [2.75, 3.05) is 44.3 Å². The van der Waals surface area contributed by atoms with Crippen LogP contribution in [0.5, 0.6) is 0 Å². The zero-order valence-electron chi connectivity index (χ0n) is 18.2. The van der Waals surface area contributed by atoms with Gasteiger partial charge in [0.2, 0.25) is 0 Å². The predicted octanol–water partition coefficient (Wildman–Crippen LogP) is 4.40. The van der Waals surface area contributed by atoms with E-state index < -0.39 is 0 Å². The van der Waals surface area contributed by atoms with Gasteiger partial charge in [-0.15, -0.1) is 0 Å². The first-order chi connectivity index (χ1) is 14.9. The number of amides is 1. The SMILES string of the molecule is Cc1cc(C(=O)N(CCCN2CCOCC2)c2nc3ccc(Cl)cc3s2)n(C(C)C)n1. The highest BCUT2D eigenvalue weighted by Crippen LogP contribution is 2.32. The summed E-state index contributed by atoms with van der Waals surface area (Å²) in [4.78, 5) is 22.6. The zero-order valence-corrected chi connectivity index (χ0v) is 19.7. The van der Waals surface area contributed by atoms with Gasteiger partial charge in [-0.05, 0) is 51.5 Å². The smallest absolute Gasteiger partial charge is 0.278 e. The summed E-state index contributed by atoms with van der Waals surface area (Å²) in [6, 6.07) is 7.58. The van der Waals surface area contributed by atoms with Crippen molar-refractivity contribution in [3.8, 4) is 0 Å². The molecular formula is C22H28ClN5O2S. The van der Waals surface area contributed by atoms with Crippen LogP contribution >= 0.6 is 22.9 Å². The summed E-state index contributed by atoms with van der Waals surface area (Å²) in [7, 11) is 0. The van der Waals surface area contributed by atoms with E-state index in [0.29, 0.717) is 22.4 Å². The quantitative estimate of drug-likeness (QED) is 0.521. The molecule has 1 aromatic carbocycles. The average molecular weight is 462 g/mol. The van der Waals surface area contributed by atoms with Crippen LogP contribution in [0.25, 0.3) is 10.2 Å². The molecule has 9 heteroatoms. The standard InChI is InChI=1S/C22H28ClN5O2S/c1-15(2)28-19(13-16(3)25-28)21(29)27(8-4-7-26-9-11-30-12-10-26)22-24-18-6-5-17(23)14-20(18)31-22/h5-6,13-15H,4,7-12H2,1-3H3. The van der Waals surface area contributed by atoms with E-state index in [0.717, 1.165) is 55.2 Å². The van der Waals surface area contributed by atoms with E-state index >= 15 is 0 Å². The third-order valence-electron chi connectivity index (χ3n) is 5.34. The molecule has 1 aliphatic heterocycles. The monoisotopic (exact) mass is 461 g/mol. The Kier molecular flexibility index (Phi) is 6.91. The summed E-state index contributed by atoms with van der Waals surface area (Å²) in [6.45, 7) is 10.9. The number of fused-ring (bicyclic) bond motifs is 1. The lowest BCUT2D eigenvalue weighted by Gasteiger charge is -2.28. The lowest BCUT2D eigenvalue weighted by Crippen LogP contribution is -2.39. The largest absolute Gasteiger partial charge is 0.379 e. The Morgan fingerprint density at radius 3 is 2.81 bits per heavy atom. The van der Waals surface area contributed by atoms with Crippen LogP contribution in [0, 0.1) is 6.92 Å². The molecule has 1 aliphatic rings. The lowest BCUT2D eigenvalue weighted by molar-refractivity contribution is 0.0376. The molecule has 7 nitrogen and oxygen atoms in total. The fourth-order valence-electron chi connectivity index (χ4n) is 3.77. The lowest BCUT2D eigenvalue weighted by atomic mass is 10.2. The number of carbonyl (C=O) groups is 1. The van der Waals surface area contributed by atoms with Crippen molar-refractivity contribution in [2.45, 2.75) is 33.2 Å². The number of aromatic nitrogens is 3. The van der Waals surface area contributed by atoms with Crippen molar-refractivity contribution in [3.05, 3.63) is 40.7 Å².